The Labute approximate surface area is 148 Å². The van der Waals surface area contributed by atoms with E-state index < -0.39 is 12.6 Å². The minimum absolute atomic E-state index is 0.0314. The van der Waals surface area contributed by atoms with Gasteiger partial charge in [-0.05, 0) is 30.3 Å². The molecule has 0 aromatic heterocycles. The van der Waals surface area contributed by atoms with Crippen LogP contribution in [-0.2, 0) is 6.54 Å². The summed E-state index contributed by atoms with van der Waals surface area (Å²) in [6.07, 6.45) is 0. The molecule has 0 saturated carbocycles. The van der Waals surface area contributed by atoms with Gasteiger partial charge in [0, 0.05) is 17.1 Å². The fourth-order valence-electron chi connectivity index (χ4n) is 1.96. The largest absolute Gasteiger partial charge is 0.492 e. The van der Waals surface area contributed by atoms with E-state index in [1.54, 1.807) is 42.5 Å². The van der Waals surface area contributed by atoms with E-state index in [1.807, 2.05) is 0 Å². The monoisotopic (exact) mass is 370 g/mol. The molecule has 0 aliphatic heterocycles. The second-order valence-corrected chi connectivity index (χ2v) is 5.33. The molecule has 0 saturated heterocycles. The zero-order valence-electron chi connectivity index (χ0n) is 13.2. The summed E-state index contributed by atoms with van der Waals surface area (Å²) in [6.45, 7) is -2.30. The molecule has 0 aliphatic rings. The molecule has 2 amide bonds. The molecule has 0 radical (unpaired) electrons. The zero-order chi connectivity index (χ0) is 18.1. The number of urea groups is 1. The fraction of sp³-hybridized carbons (Fsp3) is 0.235. The number of ether oxygens (including phenoxy) is 2. The van der Waals surface area contributed by atoms with Crippen LogP contribution in [0.5, 0.6) is 11.5 Å². The number of amides is 2. The number of carbonyl (C=O) groups excluding carboxylic acids is 1. The standard InChI is InChI=1S/C17H17ClF2N2O3/c18-13-5-7-14(8-6-13)24-10-9-21-17(23)22-11-12-3-1-2-4-15(12)25-16(19)20/h1-8,16H,9-11H2,(H2,21,22,23). The van der Waals surface area contributed by atoms with Crippen LogP contribution in [0.2, 0.25) is 5.02 Å². The van der Waals surface area contributed by atoms with E-state index in [2.05, 4.69) is 15.4 Å². The summed E-state index contributed by atoms with van der Waals surface area (Å²) in [6, 6.07) is 12.7. The molecule has 2 rings (SSSR count). The molecule has 0 fully saturated rings. The van der Waals surface area contributed by atoms with Crippen molar-refractivity contribution in [1.82, 2.24) is 10.6 Å². The Morgan fingerprint density at radius 2 is 1.80 bits per heavy atom. The third-order valence-electron chi connectivity index (χ3n) is 3.10. The molecule has 0 unspecified atom stereocenters. The number of para-hydroxylation sites is 1. The minimum Gasteiger partial charge on any atom is -0.492 e. The third kappa shape index (κ3) is 6.84. The highest BCUT2D eigenvalue weighted by Gasteiger charge is 2.09. The molecule has 0 heterocycles. The van der Waals surface area contributed by atoms with Crippen molar-refractivity contribution in [1.29, 1.82) is 0 Å². The molecule has 2 aromatic rings. The maximum absolute atomic E-state index is 12.3. The van der Waals surface area contributed by atoms with Gasteiger partial charge in [-0.15, -0.1) is 0 Å². The molecule has 5 nitrogen and oxygen atoms in total. The first-order valence-corrected chi connectivity index (χ1v) is 7.85. The van der Waals surface area contributed by atoms with Gasteiger partial charge in [-0.3, -0.25) is 0 Å². The Bertz CT molecular complexity index is 684. The van der Waals surface area contributed by atoms with Gasteiger partial charge in [-0.25, -0.2) is 4.79 Å². The highest BCUT2D eigenvalue weighted by Crippen LogP contribution is 2.19. The summed E-state index contributed by atoms with van der Waals surface area (Å²) in [4.78, 5) is 11.7. The Balaban J connectivity index is 1.69. The van der Waals surface area contributed by atoms with E-state index in [-0.39, 0.29) is 25.4 Å². The van der Waals surface area contributed by atoms with Crippen LogP contribution in [-0.4, -0.2) is 25.8 Å². The molecular weight excluding hydrogens is 354 g/mol. The van der Waals surface area contributed by atoms with Crippen molar-refractivity contribution in [3.63, 3.8) is 0 Å². The molecule has 0 aliphatic carbocycles. The van der Waals surface area contributed by atoms with Gasteiger partial charge in [-0.1, -0.05) is 29.8 Å². The van der Waals surface area contributed by atoms with Gasteiger partial charge in [0.2, 0.25) is 0 Å². The van der Waals surface area contributed by atoms with E-state index in [9.17, 15) is 13.6 Å². The summed E-state index contributed by atoms with van der Waals surface area (Å²) in [7, 11) is 0. The number of benzene rings is 2. The number of carbonyl (C=O) groups is 1. The highest BCUT2D eigenvalue weighted by atomic mass is 35.5. The summed E-state index contributed by atoms with van der Waals surface area (Å²) in [5, 5.41) is 5.79. The summed E-state index contributed by atoms with van der Waals surface area (Å²) >= 11 is 5.77. The lowest BCUT2D eigenvalue weighted by molar-refractivity contribution is -0.0504. The molecule has 0 spiro atoms. The lowest BCUT2D eigenvalue weighted by Gasteiger charge is -2.12. The van der Waals surface area contributed by atoms with Crippen molar-refractivity contribution >= 4 is 17.6 Å². The number of nitrogens with one attached hydrogen (secondary N) is 2. The van der Waals surface area contributed by atoms with E-state index in [0.717, 1.165) is 0 Å². The fourth-order valence-corrected chi connectivity index (χ4v) is 2.09. The summed E-state index contributed by atoms with van der Waals surface area (Å²) in [5.41, 5.74) is 0.454. The second kappa shape index (κ2) is 9.68. The molecule has 0 atom stereocenters. The van der Waals surface area contributed by atoms with E-state index >= 15 is 0 Å². The van der Waals surface area contributed by atoms with Gasteiger partial charge in [0.15, 0.2) is 0 Å². The molecule has 8 heteroatoms. The van der Waals surface area contributed by atoms with Crippen molar-refractivity contribution in [3.05, 3.63) is 59.1 Å². The van der Waals surface area contributed by atoms with Crippen LogP contribution < -0.4 is 20.1 Å². The Hall–Kier alpha value is -2.54. The van der Waals surface area contributed by atoms with Crippen LogP contribution in [0.25, 0.3) is 0 Å². The normalized spacial score (nSPS) is 10.4. The predicted molar refractivity (Wildman–Crippen MR) is 90.3 cm³/mol. The number of alkyl halides is 2. The van der Waals surface area contributed by atoms with Gasteiger partial charge >= 0.3 is 12.6 Å². The average Bonchev–Trinajstić information content (AvgIpc) is 2.59. The van der Waals surface area contributed by atoms with Crippen molar-refractivity contribution in [2.75, 3.05) is 13.2 Å². The van der Waals surface area contributed by atoms with Gasteiger partial charge in [-0.2, -0.15) is 8.78 Å². The van der Waals surface area contributed by atoms with Crippen molar-refractivity contribution in [2.24, 2.45) is 0 Å². The van der Waals surface area contributed by atoms with Gasteiger partial charge in [0.1, 0.15) is 18.1 Å². The van der Waals surface area contributed by atoms with Crippen LogP contribution in [0.4, 0.5) is 13.6 Å². The van der Waals surface area contributed by atoms with E-state index in [0.29, 0.717) is 16.3 Å². The first-order valence-electron chi connectivity index (χ1n) is 7.47. The number of hydrogen-bond acceptors (Lipinski definition) is 3. The van der Waals surface area contributed by atoms with Gasteiger partial charge in [0.25, 0.3) is 0 Å². The van der Waals surface area contributed by atoms with E-state index in [1.165, 1.54) is 6.07 Å². The summed E-state index contributed by atoms with van der Waals surface area (Å²) < 4.78 is 34.5. The Kier molecular flexibility index (Phi) is 7.28. The Morgan fingerprint density at radius 3 is 2.52 bits per heavy atom. The van der Waals surface area contributed by atoms with Crippen molar-refractivity contribution < 1.29 is 23.0 Å². The topological polar surface area (TPSA) is 59.6 Å². The highest BCUT2D eigenvalue weighted by molar-refractivity contribution is 6.30. The quantitative estimate of drug-likeness (QED) is 0.694. The lowest BCUT2D eigenvalue weighted by Crippen LogP contribution is -2.37. The lowest BCUT2D eigenvalue weighted by atomic mass is 10.2. The maximum Gasteiger partial charge on any atom is 0.387 e. The van der Waals surface area contributed by atoms with Crippen LogP contribution in [0, 0.1) is 0 Å². The van der Waals surface area contributed by atoms with Gasteiger partial charge < -0.3 is 20.1 Å². The smallest absolute Gasteiger partial charge is 0.387 e. The predicted octanol–water partition coefficient (Wildman–Crippen LogP) is 3.82. The number of rotatable bonds is 8. The third-order valence-corrected chi connectivity index (χ3v) is 3.35. The van der Waals surface area contributed by atoms with E-state index in [4.69, 9.17) is 16.3 Å². The molecule has 0 bridgehead atoms. The zero-order valence-corrected chi connectivity index (χ0v) is 13.9. The molecular formula is C17H17ClF2N2O3. The first kappa shape index (κ1) is 18.8. The van der Waals surface area contributed by atoms with Gasteiger partial charge in [0.05, 0.1) is 6.54 Å². The van der Waals surface area contributed by atoms with Crippen LogP contribution in [0.1, 0.15) is 5.56 Å². The summed E-state index contributed by atoms with van der Waals surface area (Å²) in [5.74, 6) is 0.675. The molecule has 2 N–H and O–H groups in total. The average molecular weight is 371 g/mol. The number of halogens is 3. The molecule has 25 heavy (non-hydrogen) atoms. The van der Waals surface area contributed by atoms with Crippen LogP contribution >= 0.6 is 11.6 Å². The van der Waals surface area contributed by atoms with Crippen LogP contribution in [0.15, 0.2) is 48.5 Å². The second-order valence-electron chi connectivity index (χ2n) is 4.90. The Morgan fingerprint density at radius 1 is 1.08 bits per heavy atom. The SMILES string of the molecule is O=C(NCCOc1ccc(Cl)cc1)NCc1ccccc1OC(F)F. The van der Waals surface area contributed by atoms with Crippen molar-refractivity contribution in [3.8, 4) is 11.5 Å². The van der Waals surface area contributed by atoms with Crippen LogP contribution in [0.3, 0.4) is 0 Å². The van der Waals surface area contributed by atoms with Crippen molar-refractivity contribution in [2.45, 2.75) is 13.2 Å². The first-order chi connectivity index (χ1) is 12.0. The molecule has 2 aromatic carbocycles. The molecule has 134 valence electrons. The number of hydrogen-bond donors (Lipinski definition) is 2. The minimum atomic E-state index is -2.92. The maximum atomic E-state index is 12.3.